The molecule has 4 heteroatoms. The van der Waals surface area contributed by atoms with Gasteiger partial charge >= 0.3 is 11.9 Å². The molecular weight excluding hydrogens is 328 g/mol. The molecule has 4 nitrogen and oxygen atoms in total. The summed E-state index contributed by atoms with van der Waals surface area (Å²) in [5.41, 5.74) is 0. The van der Waals surface area contributed by atoms with E-state index in [0.717, 1.165) is 32.1 Å². The van der Waals surface area contributed by atoms with Gasteiger partial charge in [-0.05, 0) is 51.4 Å². The van der Waals surface area contributed by atoms with Crippen molar-refractivity contribution in [2.75, 3.05) is 6.61 Å². The van der Waals surface area contributed by atoms with Gasteiger partial charge in [-0.2, -0.15) is 0 Å². The maximum Gasteiger partial charge on any atom is 0.306 e. The zero-order valence-electron chi connectivity index (χ0n) is 16.8. The van der Waals surface area contributed by atoms with Crippen LogP contribution in [0.5, 0.6) is 0 Å². The Balaban J connectivity index is 1.97. The summed E-state index contributed by atoms with van der Waals surface area (Å²) in [4.78, 5) is 23.6. The molecule has 0 radical (unpaired) electrons. The third-order valence-electron chi connectivity index (χ3n) is 4.92. The predicted octanol–water partition coefficient (Wildman–Crippen LogP) is 5.74. The SMILES string of the molecule is CCCCCCCCC(C)OC(=O)CCCC(=O)OCC1CC=CCC1. The quantitative estimate of drug-likeness (QED) is 0.223. The second-order valence-corrected chi connectivity index (χ2v) is 7.54. The number of esters is 2. The molecule has 0 fully saturated rings. The molecule has 0 aromatic carbocycles. The molecule has 1 rings (SSSR count). The van der Waals surface area contributed by atoms with E-state index in [1.165, 1.54) is 32.1 Å². The largest absolute Gasteiger partial charge is 0.465 e. The molecule has 0 aromatic heterocycles. The topological polar surface area (TPSA) is 52.6 Å². The van der Waals surface area contributed by atoms with E-state index in [2.05, 4.69) is 19.1 Å². The van der Waals surface area contributed by atoms with Crippen LogP contribution >= 0.6 is 0 Å². The summed E-state index contributed by atoms with van der Waals surface area (Å²) in [6, 6.07) is 0. The Bertz CT molecular complexity index is 416. The van der Waals surface area contributed by atoms with Gasteiger partial charge in [-0.1, -0.05) is 51.2 Å². The number of allylic oxidation sites excluding steroid dienone is 2. The smallest absolute Gasteiger partial charge is 0.306 e. The second kappa shape index (κ2) is 14.8. The van der Waals surface area contributed by atoms with E-state index in [-0.39, 0.29) is 18.0 Å². The molecule has 2 unspecified atom stereocenters. The van der Waals surface area contributed by atoms with E-state index in [1.807, 2.05) is 6.92 Å². The highest BCUT2D eigenvalue weighted by molar-refractivity contribution is 5.72. The van der Waals surface area contributed by atoms with E-state index in [0.29, 0.717) is 31.8 Å². The normalized spacial score (nSPS) is 17.7. The summed E-state index contributed by atoms with van der Waals surface area (Å²) >= 11 is 0. The van der Waals surface area contributed by atoms with Gasteiger partial charge in [-0.25, -0.2) is 0 Å². The Morgan fingerprint density at radius 1 is 1.00 bits per heavy atom. The highest BCUT2D eigenvalue weighted by Crippen LogP contribution is 2.18. The minimum atomic E-state index is -0.201. The zero-order chi connectivity index (χ0) is 19.0. The number of rotatable bonds is 14. The molecule has 1 aliphatic rings. The van der Waals surface area contributed by atoms with Crippen LogP contribution in [-0.2, 0) is 19.1 Å². The molecule has 150 valence electrons. The van der Waals surface area contributed by atoms with Crippen LogP contribution < -0.4 is 0 Å². The molecule has 0 bridgehead atoms. The Morgan fingerprint density at radius 3 is 2.46 bits per heavy atom. The first-order valence-corrected chi connectivity index (χ1v) is 10.6. The molecule has 0 heterocycles. The first-order chi connectivity index (χ1) is 12.6. The summed E-state index contributed by atoms with van der Waals surface area (Å²) in [5.74, 6) is 0.0536. The lowest BCUT2D eigenvalue weighted by atomic mass is 9.95. The summed E-state index contributed by atoms with van der Waals surface area (Å²) in [5, 5.41) is 0. The predicted molar refractivity (Wildman–Crippen MR) is 105 cm³/mol. The van der Waals surface area contributed by atoms with Gasteiger partial charge in [0.05, 0.1) is 12.7 Å². The van der Waals surface area contributed by atoms with Gasteiger partial charge in [0, 0.05) is 12.8 Å². The van der Waals surface area contributed by atoms with Gasteiger partial charge in [0.25, 0.3) is 0 Å². The second-order valence-electron chi connectivity index (χ2n) is 7.54. The van der Waals surface area contributed by atoms with E-state index in [4.69, 9.17) is 9.47 Å². The lowest BCUT2D eigenvalue weighted by Gasteiger charge is -2.17. The van der Waals surface area contributed by atoms with Crippen LogP contribution in [0.3, 0.4) is 0 Å². The lowest BCUT2D eigenvalue weighted by molar-refractivity contribution is -0.149. The molecule has 0 amide bonds. The van der Waals surface area contributed by atoms with E-state index in [9.17, 15) is 9.59 Å². The van der Waals surface area contributed by atoms with Gasteiger partial charge in [-0.15, -0.1) is 0 Å². The summed E-state index contributed by atoms with van der Waals surface area (Å²) < 4.78 is 10.7. The third-order valence-corrected chi connectivity index (χ3v) is 4.92. The van der Waals surface area contributed by atoms with Crippen molar-refractivity contribution in [2.24, 2.45) is 5.92 Å². The molecule has 0 aliphatic heterocycles. The molecule has 2 atom stereocenters. The zero-order valence-corrected chi connectivity index (χ0v) is 16.8. The maximum absolute atomic E-state index is 11.8. The molecule has 26 heavy (non-hydrogen) atoms. The van der Waals surface area contributed by atoms with Gasteiger partial charge in [0.15, 0.2) is 0 Å². The maximum atomic E-state index is 11.8. The van der Waals surface area contributed by atoms with Crippen molar-refractivity contribution in [1.29, 1.82) is 0 Å². The Kier molecular flexibility index (Phi) is 12.9. The first kappa shape index (κ1) is 22.7. The Labute approximate surface area is 159 Å². The van der Waals surface area contributed by atoms with Crippen LogP contribution in [0.1, 0.15) is 97.3 Å². The fourth-order valence-electron chi connectivity index (χ4n) is 3.22. The van der Waals surface area contributed by atoms with Gasteiger partial charge in [0.1, 0.15) is 0 Å². The van der Waals surface area contributed by atoms with E-state index in [1.54, 1.807) is 0 Å². The van der Waals surface area contributed by atoms with Crippen LogP contribution in [0, 0.1) is 5.92 Å². The highest BCUT2D eigenvalue weighted by atomic mass is 16.5. The van der Waals surface area contributed by atoms with Crippen LogP contribution in [0.25, 0.3) is 0 Å². The van der Waals surface area contributed by atoms with Crippen molar-refractivity contribution < 1.29 is 19.1 Å². The van der Waals surface area contributed by atoms with Crippen LogP contribution in [0.15, 0.2) is 12.2 Å². The average Bonchev–Trinajstić information content (AvgIpc) is 2.63. The number of hydrogen-bond donors (Lipinski definition) is 0. The molecule has 0 saturated heterocycles. The first-order valence-electron chi connectivity index (χ1n) is 10.6. The van der Waals surface area contributed by atoms with Crippen molar-refractivity contribution >= 4 is 11.9 Å². The number of carbonyl (C=O) groups excluding carboxylic acids is 2. The third kappa shape index (κ3) is 12.1. The molecule has 0 N–H and O–H groups in total. The standard InChI is InChI=1S/C22H38O4/c1-3-4-5-6-7-9-13-19(2)26-22(24)17-12-16-21(23)25-18-20-14-10-8-11-15-20/h8,10,19-20H,3-7,9,11-18H2,1-2H3. The minimum Gasteiger partial charge on any atom is -0.465 e. The van der Waals surface area contributed by atoms with E-state index >= 15 is 0 Å². The average molecular weight is 367 g/mol. The number of unbranched alkanes of at least 4 members (excludes halogenated alkanes) is 5. The summed E-state index contributed by atoms with van der Waals surface area (Å²) in [7, 11) is 0. The fraction of sp³-hybridized carbons (Fsp3) is 0.818. The minimum absolute atomic E-state index is 0.0278. The number of ether oxygens (including phenoxy) is 2. The lowest BCUT2D eigenvalue weighted by Crippen LogP contribution is -2.17. The van der Waals surface area contributed by atoms with Crippen molar-refractivity contribution in [3.63, 3.8) is 0 Å². The molecule has 0 saturated carbocycles. The Hall–Kier alpha value is -1.32. The van der Waals surface area contributed by atoms with Crippen molar-refractivity contribution in [1.82, 2.24) is 0 Å². The Morgan fingerprint density at radius 2 is 1.73 bits per heavy atom. The van der Waals surface area contributed by atoms with E-state index < -0.39 is 0 Å². The van der Waals surface area contributed by atoms with Crippen LogP contribution in [0.4, 0.5) is 0 Å². The summed E-state index contributed by atoms with van der Waals surface area (Å²) in [6.07, 6.45) is 17.0. The summed E-state index contributed by atoms with van der Waals surface area (Å²) in [6.45, 7) is 4.68. The van der Waals surface area contributed by atoms with Gasteiger partial charge in [-0.3, -0.25) is 9.59 Å². The van der Waals surface area contributed by atoms with Crippen molar-refractivity contribution in [2.45, 2.75) is 103 Å². The van der Waals surface area contributed by atoms with Gasteiger partial charge < -0.3 is 9.47 Å². The molecular formula is C22H38O4. The number of carbonyl (C=O) groups is 2. The highest BCUT2D eigenvalue weighted by Gasteiger charge is 2.14. The molecule has 1 aliphatic carbocycles. The van der Waals surface area contributed by atoms with Crippen molar-refractivity contribution in [3.8, 4) is 0 Å². The van der Waals surface area contributed by atoms with Crippen LogP contribution in [-0.4, -0.2) is 24.6 Å². The fourth-order valence-corrected chi connectivity index (χ4v) is 3.22. The van der Waals surface area contributed by atoms with Crippen LogP contribution in [0.2, 0.25) is 0 Å². The number of hydrogen-bond acceptors (Lipinski definition) is 4. The monoisotopic (exact) mass is 366 g/mol. The van der Waals surface area contributed by atoms with Gasteiger partial charge in [0.2, 0.25) is 0 Å². The molecule has 0 aromatic rings. The van der Waals surface area contributed by atoms with Crippen molar-refractivity contribution in [3.05, 3.63) is 12.2 Å². The molecule has 0 spiro atoms.